The van der Waals surface area contributed by atoms with Gasteiger partial charge in [0.2, 0.25) is 17.4 Å². The number of rotatable bonds is 6. The van der Waals surface area contributed by atoms with Gasteiger partial charge in [0.1, 0.15) is 0 Å². The molecule has 1 aromatic heterocycles. The van der Waals surface area contributed by atoms with Gasteiger partial charge in [0.25, 0.3) is 0 Å². The van der Waals surface area contributed by atoms with E-state index in [9.17, 15) is 9.59 Å². The van der Waals surface area contributed by atoms with Crippen molar-refractivity contribution in [1.29, 1.82) is 0 Å². The third kappa shape index (κ3) is 3.16. The molecule has 0 aromatic carbocycles. The van der Waals surface area contributed by atoms with E-state index in [-0.39, 0.29) is 11.6 Å². The molecule has 0 amide bonds. The molecule has 0 unspecified atom stereocenters. The van der Waals surface area contributed by atoms with Crippen LogP contribution in [-0.4, -0.2) is 35.7 Å². The molecular weight excluding hydrogens is 306 g/mol. The van der Waals surface area contributed by atoms with Gasteiger partial charge in [-0.3, -0.25) is 9.59 Å². The van der Waals surface area contributed by atoms with E-state index < -0.39 is 0 Å². The molecule has 1 aromatic rings. The summed E-state index contributed by atoms with van der Waals surface area (Å²) in [5.41, 5.74) is 0.758. The van der Waals surface area contributed by atoms with Crippen molar-refractivity contribution in [3.63, 3.8) is 0 Å². The topological polar surface area (TPSA) is 56.3 Å². The Morgan fingerprint density at radius 2 is 1.71 bits per heavy atom. The number of pyridine rings is 1. The van der Waals surface area contributed by atoms with Gasteiger partial charge in [-0.25, -0.2) is 4.98 Å². The van der Waals surface area contributed by atoms with Gasteiger partial charge in [0.05, 0.1) is 22.0 Å². The van der Waals surface area contributed by atoms with Crippen molar-refractivity contribution in [2.45, 2.75) is 19.8 Å². The van der Waals surface area contributed by atoms with Crippen LogP contribution in [0.5, 0.6) is 5.88 Å². The second-order valence-electron chi connectivity index (χ2n) is 4.49. The van der Waals surface area contributed by atoms with Crippen LogP contribution in [0, 0.1) is 0 Å². The van der Waals surface area contributed by atoms with Gasteiger partial charge in [0.15, 0.2) is 0 Å². The van der Waals surface area contributed by atoms with Gasteiger partial charge >= 0.3 is 0 Å². The Bertz CT molecular complexity index is 611. The molecule has 0 N–H and O–H groups in total. The number of carbonyl (C=O) groups excluding carboxylic acids is 2. The van der Waals surface area contributed by atoms with Crippen LogP contribution < -0.4 is 4.74 Å². The number of hydrogen-bond acceptors (Lipinski definition) is 6. The van der Waals surface area contributed by atoms with E-state index in [1.807, 2.05) is 6.26 Å². The predicted octanol–water partition coefficient (Wildman–Crippen LogP) is 3.58. The summed E-state index contributed by atoms with van der Waals surface area (Å²) in [6, 6.07) is 1.58. The molecule has 1 aliphatic rings. The number of carbonyl (C=O) groups is 2. The molecule has 0 bridgehead atoms. The van der Waals surface area contributed by atoms with Gasteiger partial charge in [-0.05, 0) is 18.9 Å². The number of unbranched alkanes of at least 4 members (excludes halogenated alkanes) is 1. The highest BCUT2D eigenvalue weighted by molar-refractivity contribution is 8.07. The summed E-state index contributed by atoms with van der Waals surface area (Å²) in [6.07, 6.45) is 7.01. The maximum absolute atomic E-state index is 12.5. The first-order valence-electron chi connectivity index (χ1n) is 6.68. The summed E-state index contributed by atoms with van der Waals surface area (Å²) in [4.78, 5) is 30.1. The van der Waals surface area contributed by atoms with Crippen molar-refractivity contribution < 1.29 is 14.3 Å². The summed E-state index contributed by atoms with van der Waals surface area (Å²) in [5.74, 6) is 0.148. The second-order valence-corrected chi connectivity index (χ2v) is 6.13. The Labute approximate surface area is 132 Å². The lowest BCUT2D eigenvalue weighted by Gasteiger charge is -2.18. The highest BCUT2D eigenvalue weighted by atomic mass is 32.2. The number of fused-ring (bicyclic) bond motifs is 1. The molecule has 0 radical (unpaired) electrons. The molecule has 0 fully saturated rings. The fraction of sp³-hybridized carbons (Fsp3) is 0.400. The molecule has 112 valence electrons. The Morgan fingerprint density at radius 3 is 2.29 bits per heavy atom. The Balaban J connectivity index is 2.37. The molecule has 21 heavy (non-hydrogen) atoms. The molecule has 0 aliphatic heterocycles. The number of thioether (sulfide) groups is 2. The van der Waals surface area contributed by atoms with E-state index >= 15 is 0 Å². The highest BCUT2D eigenvalue weighted by Gasteiger charge is 2.32. The van der Waals surface area contributed by atoms with Crippen molar-refractivity contribution in [2.24, 2.45) is 0 Å². The number of allylic oxidation sites excluding steroid dienone is 2. The second kappa shape index (κ2) is 7.13. The van der Waals surface area contributed by atoms with Gasteiger partial charge in [-0.2, -0.15) is 0 Å². The van der Waals surface area contributed by atoms with Crippen molar-refractivity contribution in [1.82, 2.24) is 4.98 Å². The van der Waals surface area contributed by atoms with Crippen LogP contribution in [0.3, 0.4) is 0 Å². The van der Waals surface area contributed by atoms with Gasteiger partial charge in [-0.1, -0.05) is 13.3 Å². The van der Waals surface area contributed by atoms with Gasteiger partial charge < -0.3 is 4.74 Å². The summed E-state index contributed by atoms with van der Waals surface area (Å²) in [7, 11) is 0. The van der Waals surface area contributed by atoms with E-state index in [0.29, 0.717) is 33.4 Å². The molecule has 0 spiro atoms. The van der Waals surface area contributed by atoms with E-state index in [4.69, 9.17) is 4.74 Å². The van der Waals surface area contributed by atoms with Crippen molar-refractivity contribution >= 4 is 35.1 Å². The monoisotopic (exact) mass is 323 g/mol. The zero-order chi connectivity index (χ0) is 15.4. The Kier molecular flexibility index (Phi) is 5.47. The third-order valence-electron chi connectivity index (χ3n) is 3.14. The minimum absolute atomic E-state index is 0.121. The van der Waals surface area contributed by atoms with Crippen LogP contribution in [-0.2, 0) is 0 Å². The van der Waals surface area contributed by atoms with E-state index in [1.54, 1.807) is 12.3 Å². The first kappa shape index (κ1) is 16.1. The summed E-state index contributed by atoms with van der Waals surface area (Å²) in [5, 5.41) is 0. The molecule has 4 nitrogen and oxygen atoms in total. The van der Waals surface area contributed by atoms with Crippen LogP contribution in [0.1, 0.15) is 40.5 Å². The molecule has 1 heterocycles. The maximum Gasteiger partial charge on any atom is 0.213 e. The quantitative estimate of drug-likeness (QED) is 0.746. The van der Waals surface area contributed by atoms with Crippen molar-refractivity contribution in [3.05, 3.63) is 33.2 Å². The standard InChI is InChI=1S/C15H17NO3S2/c1-4-5-6-19-11-7-9-10(8-16-11)13(18)15(21-3)14(20-2)12(9)17/h7-8H,4-6H2,1-3H3. The van der Waals surface area contributed by atoms with Crippen molar-refractivity contribution in [3.8, 4) is 5.88 Å². The molecule has 0 atom stereocenters. The number of ketones is 2. The van der Waals surface area contributed by atoms with Crippen LogP contribution in [0.2, 0.25) is 0 Å². The first-order valence-corrected chi connectivity index (χ1v) is 9.13. The number of hydrogen-bond donors (Lipinski definition) is 0. The number of Topliss-reactive ketones (excluding diaryl/α,β-unsaturated/α-hetero) is 2. The minimum Gasteiger partial charge on any atom is -0.478 e. The van der Waals surface area contributed by atoms with Crippen molar-refractivity contribution in [2.75, 3.05) is 19.1 Å². The molecule has 0 saturated carbocycles. The number of ether oxygens (including phenoxy) is 1. The average Bonchev–Trinajstić information content (AvgIpc) is 2.50. The predicted molar refractivity (Wildman–Crippen MR) is 87.4 cm³/mol. The maximum atomic E-state index is 12.5. The Morgan fingerprint density at radius 1 is 1.10 bits per heavy atom. The molecule has 1 aliphatic carbocycles. The Hall–Kier alpha value is -1.27. The zero-order valence-electron chi connectivity index (χ0n) is 12.3. The van der Waals surface area contributed by atoms with Gasteiger partial charge in [0, 0.05) is 17.8 Å². The summed E-state index contributed by atoms with van der Waals surface area (Å²) >= 11 is 2.61. The fourth-order valence-electron chi connectivity index (χ4n) is 2.03. The lowest BCUT2D eigenvalue weighted by molar-refractivity contribution is 0.0987. The van der Waals surface area contributed by atoms with Crippen LogP contribution in [0.15, 0.2) is 22.1 Å². The van der Waals surface area contributed by atoms with Gasteiger partial charge in [-0.15, -0.1) is 23.5 Å². The summed E-state index contributed by atoms with van der Waals surface area (Å²) < 4.78 is 5.52. The normalized spacial score (nSPS) is 14.4. The SMILES string of the molecule is CCCCOc1cc2c(cn1)C(=O)C(SC)=C(SC)C2=O. The minimum atomic E-state index is -0.131. The van der Waals surface area contributed by atoms with Crippen LogP contribution >= 0.6 is 23.5 Å². The van der Waals surface area contributed by atoms with E-state index in [2.05, 4.69) is 11.9 Å². The molecule has 2 rings (SSSR count). The largest absolute Gasteiger partial charge is 0.478 e. The fourth-order valence-corrected chi connectivity index (χ4v) is 3.67. The lowest BCUT2D eigenvalue weighted by atomic mass is 9.96. The smallest absolute Gasteiger partial charge is 0.213 e. The third-order valence-corrected chi connectivity index (χ3v) is 4.87. The number of aromatic nitrogens is 1. The van der Waals surface area contributed by atoms with Crippen LogP contribution in [0.4, 0.5) is 0 Å². The molecule has 0 saturated heterocycles. The van der Waals surface area contributed by atoms with Crippen LogP contribution in [0.25, 0.3) is 0 Å². The first-order chi connectivity index (χ1) is 10.1. The summed E-state index contributed by atoms with van der Waals surface area (Å²) in [6.45, 7) is 2.64. The average molecular weight is 323 g/mol. The molecule has 6 heteroatoms. The van der Waals surface area contributed by atoms with E-state index in [1.165, 1.54) is 29.7 Å². The number of nitrogens with zero attached hydrogens (tertiary/aromatic N) is 1. The zero-order valence-corrected chi connectivity index (χ0v) is 13.9. The molecular formula is C15H17NO3S2. The highest BCUT2D eigenvalue weighted by Crippen LogP contribution is 2.36. The lowest BCUT2D eigenvalue weighted by Crippen LogP contribution is -2.20. The van der Waals surface area contributed by atoms with E-state index in [0.717, 1.165) is 12.8 Å².